The monoisotopic (exact) mass is 207 g/mol. The Morgan fingerprint density at radius 1 is 1.27 bits per heavy atom. The number of carbonyl (C=O) groups is 2. The molecular weight excluding hydrogens is 198 g/mol. The van der Waals surface area contributed by atoms with Crippen molar-refractivity contribution in [3.05, 3.63) is 29.8 Å². The number of benzene rings is 1. The minimum Gasteiger partial charge on any atom is -0.508 e. The van der Waals surface area contributed by atoms with E-state index in [9.17, 15) is 9.59 Å². The van der Waals surface area contributed by atoms with Gasteiger partial charge in [-0.05, 0) is 17.7 Å². The van der Waals surface area contributed by atoms with Crippen LogP contribution in [0, 0.1) is 0 Å². The Labute approximate surface area is 85.9 Å². The summed E-state index contributed by atoms with van der Waals surface area (Å²) in [5.74, 6) is -0.363. The van der Waals surface area contributed by atoms with Gasteiger partial charge in [0.25, 0.3) is 0 Å². The van der Waals surface area contributed by atoms with Crippen molar-refractivity contribution in [1.82, 2.24) is 4.90 Å². The molecule has 0 aromatic heterocycles. The van der Waals surface area contributed by atoms with Crippen LogP contribution in [0.15, 0.2) is 24.3 Å². The maximum Gasteiger partial charge on any atom is 0.418 e. The van der Waals surface area contributed by atoms with Gasteiger partial charge in [-0.3, -0.25) is 4.90 Å². The Hall–Kier alpha value is -2.04. The zero-order valence-electron chi connectivity index (χ0n) is 7.84. The fourth-order valence-electron chi connectivity index (χ4n) is 1.36. The molecule has 1 heterocycles. The highest BCUT2D eigenvalue weighted by atomic mass is 16.6. The Kier molecular flexibility index (Phi) is 2.29. The van der Waals surface area contributed by atoms with Crippen molar-refractivity contribution < 1.29 is 19.4 Å². The molecule has 0 aliphatic carbocycles. The molecule has 1 fully saturated rings. The molecule has 1 amide bonds. The van der Waals surface area contributed by atoms with Crippen LogP contribution in [0.1, 0.15) is 5.56 Å². The summed E-state index contributed by atoms with van der Waals surface area (Å²) in [7, 11) is 0. The van der Waals surface area contributed by atoms with Crippen LogP contribution in [0.3, 0.4) is 0 Å². The molecule has 78 valence electrons. The van der Waals surface area contributed by atoms with E-state index in [1.165, 1.54) is 17.0 Å². The molecule has 0 unspecified atom stereocenters. The van der Waals surface area contributed by atoms with Crippen LogP contribution in [0.4, 0.5) is 4.79 Å². The molecule has 0 spiro atoms. The van der Waals surface area contributed by atoms with Gasteiger partial charge in [-0.2, -0.15) is 0 Å². The lowest BCUT2D eigenvalue weighted by atomic mass is 10.2. The second kappa shape index (κ2) is 3.61. The van der Waals surface area contributed by atoms with Gasteiger partial charge in [0.05, 0.1) is 0 Å². The Balaban J connectivity index is 2.06. The highest BCUT2D eigenvalue weighted by Crippen LogP contribution is 2.14. The van der Waals surface area contributed by atoms with Crippen LogP contribution in [0.25, 0.3) is 0 Å². The van der Waals surface area contributed by atoms with Crippen LogP contribution >= 0.6 is 0 Å². The molecule has 2 rings (SSSR count). The average molecular weight is 207 g/mol. The number of ether oxygens (including phenoxy) is 1. The first-order valence-electron chi connectivity index (χ1n) is 4.42. The lowest BCUT2D eigenvalue weighted by Gasteiger charge is -2.10. The van der Waals surface area contributed by atoms with Crippen LogP contribution in [-0.2, 0) is 16.1 Å². The molecule has 5 heteroatoms. The topological polar surface area (TPSA) is 66.8 Å². The van der Waals surface area contributed by atoms with Crippen molar-refractivity contribution in [3.8, 4) is 5.75 Å². The van der Waals surface area contributed by atoms with Crippen molar-refractivity contribution in [2.75, 3.05) is 6.54 Å². The zero-order chi connectivity index (χ0) is 10.8. The summed E-state index contributed by atoms with van der Waals surface area (Å²) in [5.41, 5.74) is 0.833. The molecule has 1 aromatic rings. The van der Waals surface area contributed by atoms with E-state index in [4.69, 9.17) is 5.11 Å². The smallest absolute Gasteiger partial charge is 0.418 e. The highest BCUT2D eigenvalue weighted by Gasteiger charge is 2.29. The van der Waals surface area contributed by atoms with Gasteiger partial charge in [0.15, 0.2) is 0 Å². The van der Waals surface area contributed by atoms with E-state index in [0.29, 0.717) is 6.54 Å². The van der Waals surface area contributed by atoms with Crippen molar-refractivity contribution in [2.24, 2.45) is 0 Å². The second-order valence-corrected chi connectivity index (χ2v) is 3.26. The summed E-state index contributed by atoms with van der Waals surface area (Å²) < 4.78 is 4.37. The fourth-order valence-corrected chi connectivity index (χ4v) is 1.36. The van der Waals surface area contributed by atoms with Gasteiger partial charge in [0.1, 0.15) is 12.3 Å². The number of phenols is 1. The SMILES string of the molecule is O=C1CN(Cc2ccc(O)cc2)C(=O)O1. The van der Waals surface area contributed by atoms with Crippen LogP contribution in [0.5, 0.6) is 5.75 Å². The first kappa shape index (κ1) is 9.51. The molecule has 5 nitrogen and oxygen atoms in total. The third-order valence-electron chi connectivity index (χ3n) is 2.09. The number of phenolic OH excluding ortho intramolecular Hbond substituents is 1. The zero-order valence-corrected chi connectivity index (χ0v) is 7.84. The number of amides is 1. The summed E-state index contributed by atoms with van der Waals surface area (Å²) in [6, 6.07) is 6.42. The third-order valence-corrected chi connectivity index (χ3v) is 2.09. The number of carbonyl (C=O) groups excluding carboxylic acids is 2. The fraction of sp³-hybridized carbons (Fsp3) is 0.200. The Morgan fingerprint density at radius 2 is 1.93 bits per heavy atom. The lowest BCUT2D eigenvalue weighted by molar-refractivity contribution is -0.132. The van der Waals surface area contributed by atoms with Crippen molar-refractivity contribution >= 4 is 12.1 Å². The third kappa shape index (κ3) is 2.07. The summed E-state index contributed by atoms with van der Waals surface area (Å²) >= 11 is 0. The number of hydrogen-bond donors (Lipinski definition) is 1. The van der Waals surface area contributed by atoms with E-state index in [0.717, 1.165) is 5.56 Å². The lowest BCUT2D eigenvalue weighted by Crippen LogP contribution is -2.23. The van der Waals surface area contributed by atoms with Gasteiger partial charge in [-0.25, -0.2) is 9.59 Å². The molecule has 0 saturated carbocycles. The van der Waals surface area contributed by atoms with E-state index >= 15 is 0 Å². The standard InChI is InChI=1S/C10H9NO4/c12-8-3-1-7(2-4-8)5-11-6-9(13)15-10(11)14/h1-4,12H,5-6H2. The highest BCUT2D eigenvalue weighted by molar-refractivity contribution is 5.92. The summed E-state index contributed by atoms with van der Waals surface area (Å²) in [4.78, 5) is 23.2. The minimum atomic E-state index is -0.618. The molecule has 0 atom stereocenters. The van der Waals surface area contributed by atoms with Gasteiger partial charge in [0.2, 0.25) is 0 Å². The predicted molar refractivity (Wildman–Crippen MR) is 50.0 cm³/mol. The van der Waals surface area contributed by atoms with E-state index in [1.54, 1.807) is 12.1 Å². The second-order valence-electron chi connectivity index (χ2n) is 3.26. The molecular formula is C10H9NO4. The van der Waals surface area contributed by atoms with E-state index in [1.807, 2.05) is 0 Å². The normalized spacial score (nSPS) is 15.6. The first-order chi connectivity index (χ1) is 7.15. The largest absolute Gasteiger partial charge is 0.508 e. The summed E-state index contributed by atoms with van der Waals surface area (Å²) in [6.45, 7) is 0.296. The Morgan fingerprint density at radius 3 is 2.47 bits per heavy atom. The van der Waals surface area contributed by atoms with E-state index in [2.05, 4.69) is 4.74 Å². The molecule has 0 bridgehead atoms. The van der Waals surface area contributed by atoms with Gasteiger partial charge in [-0.1, -0.05) is 12.1 Å². The Bertz CT molecular complexity index is 398. The van der Waals surface area contributed by atoms with Crippen molar-refractivity contribution in [1.29, 1.82) is 0 Å². The molecule has 1 aliphatic heterocycles. The van der Waals surface area contributed by atoms with E-state index < -0.39 is 12.1 Å². The van der Waals surface area contributed by atoms with Gasteiger partial charge in [-0.15, -0.1) is 0 Å². The van der Waals surface area contributed by atoms with Crippen molar-refractivity contribution in [3.63, 3.8) is 0 Å². The van der Waals surface area contributed by atoms with Crippen LogP contribution in [0.2, 0.25) is 0 Å². The van der Waals surface area contributed by atoms with Gasteiger partial charge >= 0.3 is 12.1 Å². The molecule has 15 heavy (non-hydrogen) atoms. The predicted octanol–water partition coefficient (Wildman–Crippen LogP) is 0.871. The number of hydrogen-bond acceptors (Lipinski definition) is 4. The van der Waals surface area contributed by atoms with Gasteiger partial charge < -0.3 is 9.84 Å². The van der Waals surface area contributed by atoms with Crippen LogP contribution < -0.4 is 0 Å². The van der Waals surface area contributed by atoms with Gasteiger partial charge in [0, 0.05) is 6.54 Å². The molecule has 1 N–H and O–H groups in total. The van der Waals surface area contributed by atoms with Crippen molar-refractivity contribution in [2.45, 2.75) is 6.54 Å². The molecule has 1 aromatic carbocycles. The number of rotatable bonds is 2. The number of aromatic hydroxyl groups is 1. The summed E-state index contributed by atoms with van der Waals surface area (Å²) in [5, 5.41) is 9.05. The minimum absolute atomic E-state index is 0.0142. The van der Waals surface area contributed by atoms with Crippen LogP contribution in [-0.4, -0.2) is 28.6 Å². The average Bonchev–Trinajstić information content (AvgIpc) is 2.49. The number of cyclic esters (lactones) is 2. The van der Waals surface area contributed by atoms with E-state index in [-0.39, 0.29) is 12.3 Å². The first-order valence-corrected chi connectivity index (χ1v) is 4.42. The molecule has 1 saturated heterocycles. The summed E-state index contributed by atoms with van der Waals surface area (Å²) in [6.07, 6.45) is -0.618. The maximum atomic E-state index is 11.1. The molecule has 1 aliphatic rings. The molecule has 0 radical (unpaired) electrons. The number of nitrogens with zero attached hydrogens (tertiary/aromatic N) is 1. The maximum absolute atomic E-state index is 11.1. The quantitative estimate of drug-likeness (QED) is 0.577. The number of esters is 1.